The fourth-order valence-corrected chi connectivity index (χ4v) is 2.87. The van der Waals surface area contributed by atoms with E-state index < -0.39 is 0 Å². The number of rotatable bonds is 4. The van der Waals surface area contributed by atoms with Crippen molar-refractivity contribution in [1.82, 2.24) is 4.98 Å². The van der Waals surface area contributed by atoms with Crippen LogP contribution >= 0.6 is 11.3 Å². The Morgan fingerprint density at radius 2 is 2.20 bits per heavy atom. The summed E-state index contributed by atoms with van der Waals surface area (Å²) in [5, 5.41) is 1.25. The summed E-state index contributed by atoms with van der Waals surface area (Å²) >= 11 is 1.76. The monoisotopic (exact) mass is 226 g/mol. The van der Waals surface area contributed by atoms with Crippen molar-refractivity contribution < 1.29 is 4.74 Å². The third kappa shape index (κ3) is 2.38. The van der Waals surface area contributed by atoms with Gasteiger partial charge < -0.3 is 10.5 Å². The molecule has 0 amide bonds. The van der Waals surface area contributed by atoms with Gasteiger partial charge in [0.2, 0.25) is 0 Å². The highest BCUT2D eigenvalue weighted by atomic mass is 32.1. The maximum atomic E-state index is 6.14. The van der Waals surface area contributed by atoms with E-state index in [1.807, 2.05) is 13.8 Å². The zero-order valence-electron chi connectivity index (χ0n) is 9.54. The Kier molecular flexibility index (Phi) is 2.83. The molecule has 1 aromatic heterocycles. The van der Waals surface area contributed by atoms with E-state index >= 15 is 0 Å². The molecule has 1 saturated carbocycles. The smallest absolute Gasteiger partial charge is 0.0963 e. The lowest BCUT2D eigenvalue weighted by molar-refractivity contribution is 0.180. The molecule has 0 aromatic carbocycles. The van der Waals surface area contributed by atoms with E-state index in [-0.39, 0.29) is 5.54 Å². The molecule has 2 rings (SSSR count). The van der Waals surface area contributed by atoms with E-state index in [2.05, 4.69) is 4.98 Å². The van der Waals surface area contributed by atoms with Gasteiger partial charge in [-0.15, -0.1) is 11.3 Å². The van der Waals surface area contributed by atoms with Crippen molar-refractivity contribution in [3.8, 4) is 0 Å². The highest BCUT2D eigenvalue weighted by Gasteiger charge is 2.31. The molecular formula is C11H18N2OS. The van der Waals surface area contributed by atoms with Gasteiger partial charge in [-0.3, -0.25) is 0 Å². The highest BCUT2D eigenvalue weighted by Crippen LogP contribution is 2.44. The van der Waals surface area contributed by atoms with Crippen LogP contribution in [0.1, 0.15) is 48.2 Å². The van der Waals surface area contributed by atoms with Gasteiger partial charge in [0, 0.05) is 23.4 Å². The molecule has 2 N–H and O–H groups in total. The maximum absolute atomic E-state index is 6.14. The number of hydrogen-bond donors (Lipinski definition) is 1. The molecule has 0 aliphatic heterocycles. The lowest BCUT2D eigenvalue weighted by atomic mass is 10.0. The minimum atomic E-state index is -0.307. The van der Waals surface area contributed by atoms with Crippen LogP contribution in [0, 0.1) is 0 Å². The first kappa shape index (κ1) is 11.0. The summed E-state index contributed by atoms with van der Waals surface area (Å²) in [5.74, 6) is 0.696. The van der Waals surface area contributed by atoms with Gasteiger partial charge in [-0.05, 0) is 26.7 Å². The first-order valence-corrected chi connectivity index (χ1v) is 6.12. The van der Waals surface area contributed by atoms with Gasteiger partial charge in [0.05, 0.1) is 17.3 Å². The van der Waals surface area contributed by atoms with E-state index in [9.17, 15) is 0 Å². The van der Waals surface area contributed by atoms with Gasteiger partial charge in [0.15, 0.2) is 0 Å². The molecule has 1 aliphatic carbocycles. The van der Waals surface area contributed by atoms with Crippen molar-refractivity contribution >= 4 is 11.3 Å². The van der Waals surface area contributed by atoms with Crippen molar-refractivity contribution in [1.29, 1.82) is 0 Å². The summed E-state index contributed by atoms with van der Waals surface area (Å²) in [6.45, 7) is 4.62. The van der Waals surface area contributed by atoms with Crippen LogP contribution in [0.4, 0.5) is 0 Å². The predicted octanol–water partition coefficient (Wildman–Crippen LogP) is 2.36. The molecule has 0 bridgehead atoms. The Hall–Kier alpha value is -0.450. The van der Waals surface area contributed by atoms with Gasteiger partial charge in [0.1, 0.15) is 0 Å². The van der Waals surface area contributed by atoms with Crippen LogP contribution < -0.4 is 5.73 Å². The number of methoxy groups -OCH3 is 1. The van der Waals surface area contributed by atoms with E-state index in [1.165, 1.54) is 22.7 Å². The van der Waals surface area contributed by atoms with Crippen LogP contribution in [0.25, 0.3) is 0 Å². The van der Waals surface area contributed by atoms with Crippen LogP contribution in [0.15, 0.2) is 0 Å². The Morgan fingerprint density at radius 3 is 2.67 bits per heavy atom. The molecule has 0 unspecified atom stereocenters. The average Bonchev–Trinajstić information content (AvgIpc) is 2.87. The van der Waals surface area contributed by atoms with Crippen molar-refractivity contribution in [2.75, 3.05) is 7.11 Å². The number of aromatic nitrogens is 1. The summed E-state index contributed by atoms with van der Waals surface area (Å²) in [4.78, 5) is 5.81. The summed E-state index contributed by atoms with van der Waals surface area (Å²) < 4.78 is 5.17. The molecule has 84 valence electrons. The quantitative estimate of drug-likeness (QED) is 0.857. The third-order valence-electron chi connectivity index (χ3n) is 2.51. The molecular weight excluding hydrogens is 208 g/mol. The largest absolute Gasteiger partial charge is 0.378 e. The second kappa shape index (κ2) is 3.85. The number of nitrogens with two attached hydrogens (primary N) is 1. The molecule has 3 nitrogen and oxygen atoms in total. The predicted molar refractivity (Wildman–Crippen MR) is 62.0 cm³/mol. The molecule has 15 heavy (non-hydrogen) atoms. The SMILES string of the molecule is COCc1nc(C2CC2)sc1C(C)(C)N. The van der Waals surface area contributed by atoms with E-state index in [0.29, 0.717) is 12.5 Å². The summed E-state index contributed by atoms with van der Waals surface area (Å²) in [7, 11) is 1.70. The molecule has 1 aliphatic rings. The second-order valence-electron chi connectivity index (χ2n) is 4.76. The standard InChI is InChI=1S/C11H18N2OS/c1-11(2,12)9-8(6-14-3)13-10(15-9)7-4-5-7/h7H,4-6,12H2,1-3H3. The number of nitrogens with zero attached hydrogens (tertiary/aromatic N) is 1. The van der Waals surface area contributed by atoms with Crippen LogP contribution in [-0.4, -0.2) is 12.1 Å². The van der Waals surface area contributed by atoms with Gasteiger partial charge >= 0.3 is 0 Å². The highest BCUT2D eigenvalue weighted by molar-refractivity contribution is 7.12. The zero-order chi connectivity index (χ0) is 11.1. The van der Waals surface area contributed by atoms with Gasteiger partial charge in [-0.2, -0.15) is 0 Å². The normalized spacial score (nSPS) is 17.1. The van der Waals surface area contributed by atoms with Crippen molar-refractivity contribution in [2.24, 2.45) is 5.73 Å². The van der Waals surface area contributed by atoms with Crippen LogP contribution in [0.3, 0.4) is 0 Å². The van der Waals surface area contributed by atoms with Crippen molar-refractivity contribution in [3.63, 3.8) is 0 Å². The molecule has 1 aromatic rings. The fraction of sp³-hybridized carbons (Fsp3) is 0.727. The first-order chi connectivity index (χ1) is 7.02. The Morgan fingerprint density at radius 1 is 1.53 bits per heavy atom. The summed E-state index contributed by atoms with van der Waals surface area (Å²) in [5.41, 5.74) is 6.85. The van der Waals surface area contributed by atoms with Gasteiger partial charge in [-0.1, -0.05) is 0 Å². The molecule has 0 radical (unpaired) electrons. The third-order valence-corrected chi connectivity index (χ3v) is 4.11. The van der Waals surface area contributed by atoms with Gasteiger partial charge in [0.25, 0.3) is 0 Å². The molecule has 0 atom stereocenters. The lowest BCUT2D eigenvalue weighted by Gasteiger charge is -2.17. The summed E-state index contributed by atoms with van der Waals surface area (Å²) in [6.07, 6.45) is 2.56. The molecule has 1 heterocycles. The van der Waals surface area contributed by atoms with Crippen LogP contribution in [0.5, 0.6) is 0 Å². The fourth-order valence-electron chi connectivity index (χ4n) is 1.61. The number of hydrogen-bond acceptors (Lipinski definition) is 4. The molecule has 0 spiro atoms. The van der Waals surface area contributed by atoms with Crippen LogP contribution in [-0.2, 0) is 16.9 Å². The van der Waals surface area contributed by atoms with Crippen molar-refractivity contribution in [2.45, 2.75) is 44.8 Å². The minimum Gasteiger partial charge on any atom is -0.378 e. The average molecular weight is 226 g/mol. The van der Waals surface area contributed by atoms with E-state index in [0.717, 1.165) is 5.69 Å². The topological polar surface area (TPSA) is 48.1 Å². The number of thiazole rings is 1. The van der Waals surface area contributed by atoms with Gasteiger partial charge in [-0.25, -0.2) is 4.98 Å². The first-order valence-electron chi connectivity index (χ1n) is 5.30. The number of ether oxygens (including phenoxy) is 1. The lowest BCUT2D eigenvalue weighted by Crippen LogP contribution is -2.28. The van der Waals surface area contributed by atoms with E-state index in [4.69, 9.17) is 10.5 Å². The Bertz CT molecular complexity index is 350. The van der Waals surface area contributed by atoms with E-state index in [1.54, 1.807) is 18.4 Å². The second-order valence-corrected chi connectivity index (χ2v) is 5.79. The van der Waals surface area contributed by atoms with Crippen LogP contribution in [0.2, 0.25) is 0 Å². The minimum absolute atomic E-state index is 0.307. The zero-order valence-corrected chi connectivity index (χ0v) is 10.4. The Labute approximate surface area is 94.7 Å². The summed E-state index contributed by atoms with van der Waals surface area (Å²) in [6, 6.07) is 0. The molecule has 1 fully saturated rings. The molecule has 4 heteroatoms. The Balaban J connectivity index is 2.32. The maximum Gasteiger partial charge on any atom is 0.0963 e. The molecule has 0 saturated heterocycles. The van der Waals surface area contributed by atoms with Crippen molar-refractivity contribution in [3.05, 3.63) is 15.6 Å².